The van der Waals surface area contributed by atoms with E-state index in [2.05, 4.69) is 10.2 Å². The summed E-state index contributed by atoms with van der Waals surface area (Å²) >= 11 is 0. The van der Waals surface area contributed by atoms with Gasteiger partial charge in [-0.15, -0.1) is 0 Å². The maximum absolute atomic E-state index is 13.7. The number of imidazole rings is 1. The molecule has 0 bridgehead atoms. The highest BCUT2D eigenvalue weighted by Gasteiger charge is 2.42. The number of fused-ring (bicyclic) bond motifs is 1. The molecule has 1 saturated carbocycles. The fourth-order valence-electron chi connectivity index (χ4n) is 5.01. The topological polar surface area (TPSA) is 74.4 Å². The quantitative estimate of drug-likeness (QED) is 0.453. The highest BCUT2D eigenvalue weighted by atomic mass is 19.4. The standard InChI is InChI=1S/C26H27F3N6O2/c1-16(36)32(2)13-17-10-19(23(18-6-4-7-18)24-31-30-15-33(24)3)12-20(11-17)35-14-22-21(26(27,28)29)8-5-9-34(22)25(35)37/h5,8-12,14-15,18,23H,4,6-7,13H2,1-3H3/q+1/t23-/m0/s1. The second-order valence-corrected chi connectivity index (χ2v) is 9.73. The predicted molar refractivity (Wildman–Crippen MR) is 131 cm³/mol. The van der Waals surface area contributed by atoms with Crippen molar-refractivity contribution in [2.75, 3.05) is 14.1 Å². The van der Waals surface area contributed by atoms with Crippen molar-refractivity contribution in [2.45, 2.75) is 44.8 Å². The van der Waals surface area contributed by atoms with Crippen molar-refractivity contribution in [1.82, 2.24) is 13.9 Å². The molecule has 11 heteroatoms. The average Bonchev–Trinajstić information content (AvgIpc) is 3.38. The highest BCUT2D eigenvalue weighted by molar-refractivity contribution is 5.72. The number of likely N-dealkylation sites (N-methyl/N-ethyl adjacent to an activating group) is 1. The molecule has 1 fully saturated rings. The number of hydrogen-bond acceptors (Lipinski definition) is 4. The summed E-state index contributed by atoms with van der Waals surface area (Å²) < 4.78 is 45.1. The lowest BCUT2D eigenvalue weighted by Gasteiger charge is -2.34. The summed E-state index contributed by atoms with van der Waals surface area (Å²) in [4.78, 5) is 26.8. The fraction of sp³-hybridized carbons (Fsp3) is 0.385. The van der Waals surface area contributed by atoms with Gasteiger partial charge in [-0.3, -0.25) is 13.8 Å². The average molecular weight is 513 g/mol. The van der Waals surface area contributed by atoms with E-state index in [1.807, 2.05) is 23.8 Å². The van der Waals surface area contributed by atoms with Gasteiger partial charge in [-0.2, -0.15) is 13.2 Å². The zero-order chi connectivity index (χ0) is 26.5. The summed E-state index contributed by atoms with van der Waals surface area (Å²) in [6.45, 7) is 1.74. The Morgan fingerprint density at radius 1 is 1.27 bits per heavy atom. The van der Waals surface area contributed by atoms with Gasteiger partial charge in [-0.05, 0) is 59.3 Å². The number of carbonyl (C=O) groups is 1. The molecule has 1 radical (unpaired) electrons. The molecule has 1 amide bonds. The lowest BCUT2D eigenvalue weighted by atomic mass is 9.71. The molecule has 1 atom stereocenters. The van der Waals surface area contributed by atoms with Crippen LogP contribution >= 0.6 is 0 Å². The number of halogens is 3. The number of benzene rings is 1. The van der Waals surface area contributed by atoms with E-state index in [-0.39, 0.29) is 23.9 Å². The molecule has 2 aliphatic rings. The van der Waals surface area contributed by atoms with Gasteiger partial charge in [0, 0.05) is 32.9 Å². The molecule has 2 aromatic heterocycles. The zero-order valence-electron chi connectivity index (χ0n) is 20.7. The molecule has 0 saturated heterocycles. The maximum atomic E-state index is 13.7. The number of carbonyl (C=O) groups excluding carboxylic acids is 1. The molecule has 3 aromatic rings. The van der Waals surface area contributed by atoms with Crippen LogP contribution in [0.2, 0.25) is 0 Å². The monoisotopic (exact) mass is 512 g/mol. The molecule has 0 unspecified atom stereocenters. The highest BCUT2D eigenvalue weighted by Crippen LogP contribution is 2.46. The first-order chi connectivity index (χ1) is 17.5. The molecule has 8 nitrogen and oxygen atoms in total. The van der Waals surface area contributed by atoms with Crippen molar-refractivity contribution < 1.29 is 22.5 Å². The minimum Gasteiger partial charge on any atom is -0.342 e. The largest absolute Gasteiger partial charge is 0.418 e. The van der Waals surface area contributed by atoms with Crippen molar-refractivity contribution >= 4 is 17.8 Å². The van der Waals surface area contributed by atoms with E-state index in [1.54, 1.807) is 24.4 Å². The minimum absolute atomic E-state index is 0.110. The molecule has 0 spiro atoms. The lowest BCUT2D eigenvalue weighted by Crippen LogP contribution is -2.29. The van der Waals surface area contributed by atoms with Crippen LogP contribution in [0.4, 0.5) is 13.2 Å². The second kappa shape index (κ2) is 9.28. The van der Waals surface area contributed by atoms with Crippen molar-refractivity contribution in [3.05, 3.63) is 76.1 Å². The molecular weight excluding hydrogens is 485 g/mol. The fourth-order valence-corrected chi connectivity index (χ4v) is 5.01. The Balaban J connectivity index is 1.69. The summed E-state index contributed by atoms with van der Waals surface area (Å²) in [5.41, 5.74) is 0.348. The van der Waals surface area contributed by atoms with E-state index in [0.717, 1.165) is 47.0 Å². The molecule has 37 heavy (non-hydrogen) atoms. The van der Waals surface area contributed by atoms with Gasteiger partial charge in [0.25, 0.3) is 0 Å². The van der Waals surface area contributed by atoms with Crippen LogP contribution in [0, 0.1) is 12.1 Å². The summed E-state index contributed by atoms with van der Waals surface area (Å²) in [6, 6.07) is 7.74. The van der Waals surface area contributed by atoms with Gasteiger partial charge in [0.05, 0.1) is 34.8 Å². The van der Waals surface area contributed by atoms with Crippen molar-refractivity contribution in [3.8, 4) is 5.69 Å². The van der Waals surface area contributed by atoms with E-state index < -0.39 is 17.4 Å². The first kappa shape index (κ1) is 24.9. The number of pyridine rings is 1. The molecule has 3 heterocycles. The van der Waals surface area contributed by atoms with Crippen LogP contribution in [0.1, 0.15) is 48.8 Å². The Labute approximate surface area is 211 Å². The smallest absolute Gasteiger partial charge is 0.342 e. The third-order valence-corrected chi connectivity index (χ3v) is 7.24. The Morgan fingerprint density at radius 3 is 2.62 bits per heavy atom. The lowest BCUT2D eigenvalue weighted by molar-refractivity contribution is -0.480. The molecule has 1 aliphatic heterocycles. The second-order valence-electron chi connectivity index (χ2n) is 9.73. The van der Waals surface area contributed by atoms with E-state index in [0.29, 0.717) is 11.6 Å². The number of azo groups is 1. The Bertz CT molecular complexity index is 1480. The van der Waals surface area contributed by atoms with Crippen molar-refractivity contribution in [1.29, 1.82) is 0 Å². The normalized spacial score (nSPS) is 17.2. The maximum Gasteiger partial charge on any atom is 0.418 e. The van der Waals surface area contributed by atoms with Gasteiger partial charge >= 0.3 is 24.4 Å². The van der Waals surface area contributed by atoms with E-state index in [4.69, 9.17) is 0 Å². The SMILES string of the molecule is CC(=O)N(C)Cc1cc([C@@H]([C]2N=NC=[N+]2C)C2CCC2)cc(-n2cc3c(C(F)(F)F)cccn3c2=O)c1. The first-order valence-electron chi connectivity index (χ1n) is 12.0. The van der Waals surface area contributed by atoms with Gasteiger partial charge in [-0.1, -0.05) is 12.5 Å². The molecule has 1 aromatic carbocycles. The molecule has 1 aliphatic carbocycles. The third-order valence-electron chi connectivity index (χ3n) is 7.24. The summed E-state index contributed by atoms with van der Waals surface area (Å²) in [7, 11) is 3.55. The van der Waals surface area contributed by atoms with Crippen LogP contribution in [0.5, 0.6) is 0 Å². The molecule has 193 valence electrons. The number of nitrogens with zero attached hydrogens (tertiary/aromatic N) is 6. The molecule has 0 N–H and O–H groups in total. The van der Waals surface area contributed by atoms with E-state index >= 15 is 0 Å². The van der Waals surface area contributed by atoms with Gasteiger partial charge in [0.2, 0.25) is 5.91 Å². The number of rotatable bonds is 6. The molecule has 5 rings (SSSR count). The Morgan fingerprint density at radius 2 is 2.03 bits per heavy atom. The number of aromatic nitrogens is 2. The van der Waals surface area contributed by atoms with Crippen molar-refractivity contribution in [2.24, 2.45) is 16.1 Å². The van der Waals surface area contributed by atoms with Crippen LogP contribution < -0.4 is 5.69 Å². The van der Waals surface area contributed by atoms with Gasteiger partial charge in [-0.25, -0.2) is 9.37 Å². The number of alkyl halides is 3. The van der Waals surface area contributed by atoms with Gasteiger partial charge < -0.3 is 4.90 Å². The van der Waals surface area contributed by atoms with Gasteiger partial charge in [0.1, 0.15) is 0 Å². The first-order valence-corrected chi connectivity index (χ1v) is 12.0. The van der Waals surface area contributed by atoms with Crippen LogP contribution in [-0.2, 0) is 17.5 Å². The van der Waals surface area contributed by atoms with Crippen LogP contribution in [-0.4, -0.2) is 44.8 Å². The summed E-state index contributed by atoms with van der Waals surface area (Å²) in [5.74, 6) is 0.0802. The van der Waals surface area contributed by atoms with Crippen LogP contribution in [0.15, 0.2) is 57.7 Å². The van der Waals surface area contributed by atoms with Crippen molar-refractivity contribution in [3.63, 3.8) is 0 Å². The minimum atomic E-state index is -4.61. The number of hydrogen-bond donors (Lipinski definition) is 0. The molecular formula is C26H27F3N6O2+. The zero-order valence-corrected chi connectivity index (χ0v) is 20.7. The Kier molecular flexibility index (Phi) is 6.25. The van der Waals surface area contributed by atoms with E-state index in [1.165, 1.54) is 30.0 Å². The third kappa shape index (κ3) is 4.58. The van der Waals surface area contributed by atoms with E-state index in [9.17, 15) is 22.8 Å². The van der Waals surface area contributed by atoms with Gasteiger partial charge in [0.15, 0.2) is 0 Å². The van der Waals surface area contributed by atoms with Crippen LogP contribution in [0.25, 0.3) is 11.2 Å². The summed E-state index contributed by atoms with van der Waals surface area (Å²) in [6.07, 6.45) is 3.48. The summed E-state index contributed by atoms with van der Waals surface area (Å²) in [5, 5.41) is 8.41. The predicted octanol–water partition coefficient (Wildman–Crippen LogP) is 4.60. The van der Waals surface area contributed by atoms with Crippen LogP contribution in [0.3, 0.4) is 0 Å². The Hall–Kier alpha value is -3.76. The number of amides is 1.